The maximum absolute atomic E-state index is 12.5. The van der Waals surface area contributed by atoms with Crippen molar-refractivity contribution in [3.63, 3.8) is 0 Å². The Kier molecular flexibility index (Phi) is 6.77. The molecule has 4 aromatic rings. The van der Waals surface area contributed by atoms with Crippen molar-refractivity contribution < 1.29 is 14.3 Å². The zero-order valence-corrected chi connectivity index (χ0v) is 20.1. The average molecular weight is 465 g/mol. The number of carbonyl (C=O) groups is 1. The largest absolute Gasteiger partial charge is 0.462 e. The third-order valence-corrected chi connectivity index (χ3v) is 6.96. The summed E-state index contributed by atoms with van der Waals surface area (Å²) in [6, 6.07) is 16.2. The Labute approximate surface area is 195 Å². The van der Waals surface area contributed by atoms with Crippen molar-refractivity contribution in [3.05, 3.63) is 75.9 Å². The number of thioether (sulfide) groups is 1. The minimum atomic E-state index is -0.342. The molecule has 2 heterocycles. The van der Waals surface area contributed by atoms with Gasteiger partial charge < -0.3 is 9.47 Å². The smallest absolute Gasteiger partial charge is 0.348 e. The summed E-state index contributed by atoms with van der Waals surface area (Å²) in [5.41, 5.74) is 3.00. The molecule has 164 valence electrons. The van der Waals surface area contributed by atoms with Crippen molar-refractivity contribution in [2.45, 2.75) is 38.3 Å². The highest BCUT2D eigenvalue weighted by molar-refractivity contribution is 7.98. The Balaban J connectivity index is 1.77. The van der Waals surface area contributed by atoms with Gasteiger partial charge in [-0.05, 0) is 68.7 Å². The number of carbonyl (C=O) groups excluding carboxylic acids is 1. The van der Waals surface area contributed by atoms with Gasteiger partial charge in [-0.2, -0.15) is 4.98 Å². The normalized spacial score (nSPS) is 11.0. The van der Waals surface area contributed by atoms with Crippen LogP contribution in [-0.4, -0.2) is 22.5 Å². The number of benzene rings is 2. The molecule has 0 radical (unpaired) electrons. The lowest BCUT2D eigenvalue weighted by Gasteiger charge is -2.10. The molecule has 7 heteroatoms. The van der Waals surface area contributed by atoms with Crippen LogP contribution in [0.25, 0.3) is 10.2 Å². The maximum Gasteiger partial charge on any atom is 0.348 e. The van der Waals surface area contributed by atoms with Crippen LogP contribution in [0.1, 0.15) is 39.1 Å². The molecule has 2 aromatic carbocycles. The summed E-state index contributed by atoms with van der Waals surface area (Å²) >= 11 is 2.98. The molecule has 0 saturated heterocycles. The molecule has 0 saturated carbocycles. The molecule has 0 spiro atoms. The van der Waals surface area contributed by atoms with E-state index in [0.717, 1.165) is 31.8 Å². The Bertz CT molecular complexity index is 1250. The Morgan fingerprint density at radius 1 is 1.03 bits per heavy atom. The minimum absolute atomic E-state index is 0.323. The number of hydrogen-bond acceptors (Lipinski definition) is 7. The number of aromatic nitrogens is 2. The molecular formula is C25H24N2O3S2. The van der Waals surface area contributed by atoms with E-state index in [9.17, 15) is 4.79 Å². The van der Waals surface area contributed by atoms with Crippen LogP contribution in [0, 0.1) is 20.8 Å². The number of esters is 1. The first-order chi connectivity index (χ1) is 15.4. The minimum Gasteiger partial charge on any atom is -0.462 e. The quantitative estimate of drug-likeness (QED) is 0.219. The molecule has 0 aliphatic heterocycles. The van der Waals surface area contributed by atoms with Crippen LogP contribution in [0.4, 0.5) is 0 Å². The van der Waals surface area contributed by atoms with Gasteiger partial charge >= 0.3 is 5.97 Å². The molecule has 0 fully saturated rings. The van der Waals surface area contributed by atoms with Crippen LogP contribution >= 0.6 is 23.1 Å². The topological polar surface area (TPSA) is 61.3 Å². The molecule has 5 nitrogen and oxygen atoms in total. The summed E-state index contributed by atoms with van der Waals surface area (Å²) < 4.78 is 11.5. The van der Waals surface area contributed by atoms with Gasteiger partial charge in [0.2, 0.25) is 5.88 Å². The third-order valence-electron chi connectivity index (χ3n) is 4.78. The number of fused-ring (bicyclic) bond motifs is 1. The zero-order valence-electron chi connectivity index (χ0n) is 18.5. The van der Waals surface area contributed by atoms with Gasteiger partial charge in [0.1, 0.15) is 21.3 Å². The summed E-state index contributed by atoms with van der Waals surface area (Å²) in [6.07, 6.45) is 0. The monoisotopic (exact) mass is 464 g/mol. The van der Waals surface area contributed by atoms with E-state index in [1.165, 1.54) is 11.3 Å². The SMILES string of the molecule is CCOC(=O)c1sc2nc(CSc3ccccc3)nc(Oc3cc(C)cc(C)c3)c2c1C. The lowest BCUT2D eigenvalue weighted by atomic mass is 10.1. The molecule has 0 unspecified atom stereocenters. The van der Waals surface area contributed by atoms with Crippen molar-refractivity contribution in [1.82, 2.24) is 9.97 Å². The summed E-state index contributed by atoms with van der Waals surface area (Å²) in [5.74, 6) is 2.09. The van der Waals surface area contributed by atoms with E-state index >= 15 is 0 Å². The number of aryl methyl sites for hydroxylation is 3. The van der Waals surface area contributed by atoms with Gasteiger partial charge in [-0.1, -0.05) is 24.3 Å². The predicted octanol–water partition coefficient (Wildman–Crippen LogP) is 6.88. The van der Waals surface area contributed by atoms with Gasteiger partial charge in [0, 0.05) is 4.90 Å². The van der Waals surface area contributed by atoms with Crippen molar-refractivity contribution in [2.24, 2.45) is 0 Å². The fourth-order valence-electron chi connectivity index (χ4n) is 3.44. The first-order valence-corrected chi connectivity index (χ1v) is 12.2. The highest BCUT2D eigenvalue weighted by atomic mass is 32.2. The zero-order chi connectivity index (χ0) is 22.7. The highest BCUT2D eigenvalue weighted by Gasteiger charge is 2.22. The molecule has 0 aliphatic rings. The Morgan fingerprint density at radius 3 is 2.44 bits per heavy atom. The Morgan fingerprint density at radius 2 is 1.75 bits per heavy atom. The van der Waals surface area contributed by atoms with Crippen LogP contribution in [0.3, 0.4) is 0 Å². The van der Waals surface area contributed by atoms with Gasteiger partial charge in [0.05, 0.1) is 17.7 Å². The molecule has 2 aromatic heterocycles. The molecule has 0 atom stereocenters. The number of rotatable bonds is 7. The van der Waals surface area contributed by atoms with E-state index in [0.29, 0.717) is 34.7 Å². The lowest BCUT2D eigenvalue weighted by Crippen LogP contribution is -2.03. The molecule has 0 N–H and O–H groups in total. The summed E-state index contributed by atoms with van der Waals surface area (Å²) in [6.45, 7) is 8.08. The maximum atomic E-state index is 12.5. The van der Waals surface area contributed by atoms with E-state index < -0.39 is 0 Å². The molecule has 0 aliphatic carbocycles. The van der Waals surface area contributed by atoms with E-state index in [4.69, 9.17) is 19.4 Å². The number of hydrogen-bond donors (Lipinski definition) is 0. The second-order valence-electron chi connectivity index (χ2n) is 7.43. The number of thiophene rings is 1. The summed E-state index contributed by atoms with van der Waals surface area (Å²) in [4.78, 5) is 24.4. The predicted molar refractivity (Wildman–Crippen MR) is 130 cm³/mol. The van der Waals surface area contributed by atoms with Gasteiger partial charge in [0.25, 0.3) is 0 Å². The van der Waals surface area contributed by atoms with Gasteiger partial charge in [-0.3, -0.25) is 0 Å². The van der Waals surface area contributed by atoms with E-state index in [2.05, 4.69) is 18.2 Å². The number of ether oxygens (including phenoxy) is 2. The van der Waals surface area contributed by atoms with Crippen LogP contribution in [0.15, 0.2) is 53.4 Å². The fraction of sp³-hybridized carbons (Fsp3) is 0.240. The lowest BCUT2D eigenvalue weighted by molar-refractivity contribution is 0.0531. The number of nitrogens with zero attached hydrogens (tertiary/aromatic N) is 2. The van der Waals surface area contributed by atoms with E-state index in [-0.39, 0.29) is 5.97 Å². The standard InChI is InChI=1S/C25H24N2O3S2/c1-5-29-25(28)22-17(4)21-23(30-18-12-15(2)11-16(3)13-18)26-20(27-24(21)32-22)14-31-19-9-7-6-8-10-19/h6-13H,5,14H2,1-4H3. The van der Waals surface area contributed by atoms with Crippen molar-refractivity contribution >= 4 is 39.3 Å². The second-order valence-corrected chi connectivity index (χ2v) is 9.48. The molecule has 0 amide bonds. The molecule has 0 bridgehead atoms. The first-order valence-electron chi connectivity index (χ1n) is 10.4. The summed E-state index contributed by atoms with van der Waals surface area (Å²) in [7, 11) is 0. The van der Waals surface area contributed by atoms with Crippen LogP contribution < -0.4 is 4.74 Å². The van der Waals surface area contributed by atoms with Gasteiger partial charge in [-0.25, -0.2) is 9.78 Å². The van der Waals surface area contributed by atoms with Gasteiger partial charge in [-0.15, -0.1) is 23.1 Å². The molecular weight excluding hydrogens is 440 g/mol. The van der Waals surface area contributed by atoms with Gasteiger partial charge in [0.15, 0.2) is 0 Å². The first kappa shape index (κ1) is 22.3. The van der Waals surface area contributed by atoms with E-state index in [1.807, 2.05) is 51.1 Å². The van der Waals surface area contributed by atoms with Crippen molar-refractivity contribution in [2.75, 3.05) is 6.61 Å². The van der Waals surface area contributed by atoms with Crippen LogP contribution in [-0.2, 0) is 10.5 Å². The molecule has 4 rings (SSSR count). The Hall–Kier alpha value is -2.90. The van der Waals surface area contributed by atoms with Crippen molar-refractivity contribution in [3.8, 4) is 11.6 Å². The van der Waals surface area contributed by atoms with Crippen LogP contribution in [0.5, 0.6) is 11.6 Å². The highest BCUT2D eigenvalue weighted by Crippen LogP contribution is 2.38. The third kappa shape index (κ3) is 4.95. The van der Waals surface area contributed by atoms with Crippen LogP contribution in [0.2, 0.25) is 0 Å². The average Bonchev–Trinajstić information content (AvgIpc) is 3.09. The fourth-order valence-corrected chi connectivity index (χ4v) is 5.30. The van der Waals surface area contributed by atoms with Crippen molar-refractivity contribution in [1.29, 1.82) is 0 Å². The summed E-state index contributed by atoms with van der Waals surface area (Å²) in [5, 5.41) is 0.755. The molecule has 32 heavy (non-hydrogen) atoms. The van der Waals surface area contributed by atoms with E-state index in [1.54, 1.807) is 18.7 Å². The second kappa shape index (κ2) is 9.71.